The molecule has 0 atom stereocenters. The number of hydrogen-bond acceptors (Lipinski definition) is 2. The van der Waals surface area contributed by atoms with E-state index in [4.69, 9.17) is 4.74 Å². The fraction of sp³-hybridized carbons (Fsp3) is 0.333. The van der Waals surface area contributed by atoms with Crippen LogP contribution in [0.1, 0.15) is 5.56 Å². The SMILES string of the molecule is CNCc1cccc(F)c1OC. The summed E-state index contributed by atoms with van der Waals surface area (Å²) in [7, 11) is 3.28. The Balaban J connectivity index is 3.00. The highest BCUT2D eigenvalue weighted by molar-refractivity contribution is 5.34. The zero-order chi connectivity index (χ0) is 8.97. The molecule has 0 aliphatic rings. The summed E-state index contributed by atoms with van der Waals surface area (Å²) in [6, 6.07) is 4.89. The third-order valence-electron chi connectivity index (χ3n) is 1.62. The van der Waals surface area contributed by atoms with Gasteiger partial charge >= 0.3 is 0 Å². The van der Waals surface area contributed by atoms with E-state index in [0.29, 0.717) is 12.3 Å². The average Bonchev–Trinajstić information content (AvgIpc) is 2.05. The molecule has 1 rings (SSSR count). The van der Waals surface area contributed by atoms with Gasteiger partial charge in [-0.05, 0) is 13.1 Å². The van der Waals surface area contributed by atoms with Crippen LogP contribution in [0.15, 0.2) is 18.2 Å². The van der Waals surface area contributed by atoms with Crippen LogP contribution in [0.2, 0.25) is 0 Å². The molecule has 1 aromatic carbocycles. The largest absolute Gasteiger partial charge is 0.493 e. The normalized spacial score (nSPS) is 9.92. The molecule has 0 fully saturated rings. The van der Waals surface area contributed by atoms with Gasteiger partial charge < -0.3 is 10.1 Å². The fourth-order valence-corrected chi connectivity index (χ4v) is 1.11. The first-order valence-corrected chi connectivity index (χ1v) is 3.75. The molecular weight excluding hydrogens is 157 g/mol. The second kappa shape index (κ2) is 4.07. The molecule has 0 spiro atoms. The molecule has 0 aliphatic carbocycles. The Labute approximate surface area is 71.4 Å². The minimum atomic E-state index is -0.315. The molecule has 0 saturated carbocycles. The van der Waals surface area contributed by atoms with Gasteiger partial charge in [0.25, 0.3) is 0 Å². The molecule has 0 heterocycles. The molecule has 66 valence electrons. The van der Waals surface area contributed by atoms with Gasteiger partial charge in [0.2, 0.25) is 0 Å². The number of nitrogens with one attached hydrogen (secondary N) is 1. The van der Waals surface area contributed by atoms with Crippen molar-refractivity contribution in [1.29, 1.82) is 0 Å². The van der Waals surface area contributed by atoms with Crippen molar-refractivity contribution >= 4 is 0 Å². The molecule has 0 amide bonds. The smallest absolute Gasteiger partial charge is 0.165 e. The summed E-state index contributed by atoms with van der Waals surface area (Å²) in [4.78, 5) is 0. The lowest BCUT2D eigenvalue weighted by molar-refractivity contribution is 0.380. The van der Waals surface area contributed by atoms with Crippen LogP contribution in [-0.2, 0) is 6.54 Å². The van der Waals surface area contributed by atoms with E-state index in [1.807, 2.05) is 13.1 Å². The lowest BCUT2D eigenvalue weighted by Crippen LogP contribution is -2.07. The third kappa shape index (κ3) is 1.74. The summed E-state index contributed by atoms with van der Waals surface area (Å²) in [6.45, 7) is 0.612. The molecule has 0 aliphatic heterocycles. The lowest BCUT2D eigenvalue weighted by Gasteiger charge is -2.07. The highest BCUT2D eigenvalue weighted by Crippen LogP contribution is 2.21. The molecule has 1 N–H and O–H groups in total. The number of para-hydroxylation sites is 1. The predicted molar refractivity (Wildman–Crippen MR) is 45.7 cm³/mol. The van der Waals surface area contributed by atoms with E-state index in [9.17, 15) is 4.39 Å². The van der Waals surface area contributed by atoms with Gasteiger partial charge in [0.15, 0.2) is 11.6 Å². The number of halogens is 1. The summed E-state index contributed by atoms with van der Waals surface area (Å²) in [5.74, 6) is 0.0112. The number of rotatable bonds is 3. The van der Waals surface area contributed by atoms with Gasteiger partial charge in [-0.25, -0.2) is 4.39 Å². The Morgan fingerprint density at radius 2 is 2.25 bits per heavy atom. The fourth-order valence-electron chi connectivity index (χ4n) is 1.11. The molecule has 0 saturated heterocycles. The number of methoxy groups -OCH3 is 1. The number of ether oxygens (including phenoxy) is 1. The summed E-state index contributed by atoms with van der Waals surface area (Å²) >= 11 is 0. The van der Waals surface area contributed by atoms with Crippen molar-refractivity contribution in [3.05, 3.63) is 29.6 Å². The van der Waals surface area contributed by atoms with Gasteiger partial charge in [-0.15, -0.1) is 0 Å². The summed E-state index contributed by atoms with van der Waals surface area (Å²) in [5, 5.41) is 2.94. The van der Waals surface area contributed by atoms with Crippen LogP contribution in [0.3, 0.4) is 0 Å². The number of benzene rings is 1. The molecule has 1 aromatic rings. The highest BCUT2D eigenvalue weighted by atomic mass is 19.1. The monoisotopic (exact) mass is 169 g/mol. The van der Waals surface area contributed by atoms with Crippen LogP contribution >= 0.6 is 0 Å². The van der Waals surface area contributed by atoms with Crippen molar-refractivity contribution in [2.45, 2.75) is 6.54 Å². The third-order valence-corrected chi connectivity index (χ3v) is 1.62. The van der Waals surface area contributed by atoms with Crippen LogP contribution in [0, 0.1) is 5.82 Å². The standard InChI is InChI=1S/C9H12FNO/c1-11-6-7-4-3-5-8(10)9(7)12-2/h3-5,11H,6H2,1-2H3. The van der Waals surface area contributed by atoms with Crippen molar-refractivity contribution in [3.8, 4) is 5.75 Å². The van der Waals surface area contributed by atoms with Crippen LogP contribution in [0.4, 0.5) is 4.39 Å². The highest BCUT2D eigenvalue weighted by Gasteiger charge is 2.06. The minimum absolute atomic E-state index is 0.315. The second-order valence-electron chi connectivity index (χ2n) is 2.46. The average molecular weight is 169 g/mol. The molecule has 3 heteroatoms. The summed E-state index contributed by atoms with van der Waals surface area (Å²) in [5.41, 5.74) is 0.833. The van der Waals surface area contributed by atoms with Crippen molar-refractivity contribution in [2.75, 3.05) is 14.2 Å². The van der Waals surface area contributed by atoms with Crippen LogP contribution in [0.5, 0.6) is 5.75 Å². The number of hydrogen-bond donors (Lipinski definition) is 1. The molecule has 0 aromatic heterocycles. The van der Waals surface area contributed by atoms with Crippen molar-refractivity contribution < 1.29 is 9.13 Å². The van der Waals surface area contributed by atoms with Crippen molar-refractivity contribution in [1.82, 2.24) is 5.32 Å². The second-order valence-corrected chi connectivity index (χ2v) is 2.46. The Hall–Kier alpha value is -1.09. The maximum Gasteiger partial charge on any atom is 0.165 e. The predicted octanol–water partition coefficient (Wildman–Crippen LogP) is 1.55. The van der Waals surface area contributed by atoms with Gasteiger partial charge in [-0.1, -0.05) is 12.1 Å². The van der Waals surface area contributed by atoms with E-state index < -0.39 is 0 Å². The van der Waals surface area contributed by atoms with Crippen molar-refractivity contribution in [3.63, 3.8) is 0 Å². The summed E-state index contributed by atoms with van der Waals surface area (Å²) in [6.07, 6.45) is 0. The van der Waals surface area contributed by atoms with E-state index in [0.717, 1.165) is 5.56 Å². The van der Waals surface area contributed by atoms with Gasteiger partial charge in [-0.3, -0.25) is 0 Å². The zero-order valence-electron chi connectivity index (χ0n) is 7.23. The molecule has 12 heavy (non-hydrogen) atoms. The van der Waals surface area contributed by atoms with E-state index in [1.165, 1.54) is 13.2 Å². The first kappa shape index (κ1) is 9.00. The first-order valence-electron chi connectivity index (χ1n) is 3.75. The molecule has 2 nitrogen and oxygen atoms in total. The van der Waals surface area contributed by atoms with Crippen LogP contribution in [0.25, 0.3) is 0 Å². The minimum Gasteiger partial charge on any atom is -0.493 e. The Kier molecular flexibility index (Phi) is 3.05. The van der Waals surface area contributed by atoms with E-state index in [2.05, 4.69) is 5.32 Å². The Bertz CT molecular complexity index is 263. The molecule has 0 unspecified atom stereocenters. The van der Waals surface area contributed by atoms with Crippen LogP contribution < -0.4 is 10.1 Å². The quantitative estimate of drug-likeness (QED) is 0.741. The van der Waals surface area contributed by atoms with Crippen LogP contribution in [-0.4, -0.2) is 14.2 Å². The Morgan fingerprint density at radius 1 is 1.50 bits per heavy atom. The van der Waals surface area contributed by atoms with E-state index in [1.54, 1.807) is 6.07 Å². The maximum atomic E-state index is 13.0. The van der Waals surface area contributed by atoms with Crippen molar-refractivity contribution in [2.24, 2.45) is 0 Å². The topological polar surface area (TPSA) is 21.3 Å². The lowest BCUT2D eigenvalue weighted by atomic mass is 10.2. The van der Waals surface area contributed by atoms with Gasteiger partial charge in [0.1, 0.15) is 0 Å². The Morgan fingerprint density at radius 3 is 2.83 bits per heavy atom. The molecule has 0 radical (unpaired) electrons. The molecular formula is C9H12FNO. The van der Waals surface area contributed by atoms with E-state index in [-0.39, 0.29) is 5.82 Å². The van der Waals surface area contributed by atoms with Gasteiger partial charge in [-0.2, -0.15) is 0 Å². The van der Waals surface area contributed by atoms with E-state index >= 15 is 0 Å². The zero-order valence-corrected chi connectivity index (χ0v) is 7.23. The first-order chi connectivity index (χ1) is 5.79. The van der Waals surface area contributed by atoms with Gasteiger partial charge in [0.05, 0.1) is 7.11 Å². The van der Waals surface area contributed by atoms with Gasteiger partial charge in [0, 0.05) is 12.1 Å². The summed E-state index contributed by atoms with van der Waals surface area (Å²) < 4.78 is 17.9. The maximum absolute atomic E-state index is 13.0. The molecule has 0 bridgehead atoms.